The SMILES string of the molecule is CC(C)CCC[C@@H](COS(=O)(=O)O)[C@H]1CC[C@H]2[C@@H]3CCC4C(O)C(OS(=O)(=O)O)CC[C@]4(C)[C@H]3C(O)C(O)[C@]12C. The Balaban J connectivity index is 1.60. The van der Waals surface area contributed by atoms with Gasteiger partial charge in [0.15, 0.2) is 0 Å². The van der Waals surface area contributed by atoms with Gasteiger partial charge in [0.25, 0.3) is 0 Å². The van der Waals surface area contributed by atoms with E-state index in [2.05, 4.69) is 13.8 Å². The lowest BCUT2D eigenvalue weighted by Gasteiger charge is -2.64. The minimum atomic E-state index is -4.73. The van der Waals surface area contributed by atoms with Gasteiger partial charge < -0.3 is 15.3 Å². The van der Waals surface area contributed by atoms with Gasteiger partial charge in [-0.3, -0.25) is 9.11 Å². The van der Waals surface area contributed by atoms with Crippen molar-refractivity contribution in [1.29, 1.82) is 0 Å². The molecule has 0 aromatic carbocycles. The summed E-state index contributed by atoms with van der Waals surface area (Å²) < 4.78 is 73.8. The van der Waals surface area contributed by atoms with Crippen molar-refractivity contribution in [2.45, 2.75) is 110 Å². The highest BCUT2D eigenvalue weighted by atomic mass is 32.3. The zero-order valence-corrected chi connectivity index (χ0v) is 25.6. The topological polar surface area (TPSA) is 188 Å². The first kappa shape index (κ1) is 32.5. The van der Waals surface area contributed by atoms with E-state index in [0.717, 1.165) is 25.7 Å². The molecule has 4 aliphatic rings. The van der Waals surface area contributed by atoms with Gasteiger partial charge in [0.05, 0.1) is 24.9 Å². The van der Waals surface area contributed by atoms with Gasteiger partial charge in [0.2, 0.25) is 0 Å². The molecule has 0 bridgehead atoms. The van der Waals surface area contributed by atoms with E-state index in [4.69, 9.17) is 8.37 Å². The minimum Gasteiger partial charge on any atom is -0.390 e. The van der Waals surface area contributed by atoms with Gasteiger partial charge in [0.1, 0.15) is 6.10 Å². The van der Waals surface area contributed by atoms with E-state index < -0.39 is 56.0 Å². The Morgan fingerprint density at radius 3 is 2.10 bits per heavy atom. The van der Waals surface area contributed by atoms with Crippen LogP contribution in [0.15, 0.2) is 0 Å². The summed E-state index contributed by atoms with van der Waals surface area (Å²) in [7, 11) is -9.35. The summed E-state index contributed by atoms with van der Waals surface area (Å²) in [4.78, 5) is 0. The summed E-state index contributed by atoms with van der Waals surface area (Å²) in [5, 5.41) is 34.7. The first-order valence-electron chi connectivity index (χ1n) is 14.7. The second kappa shape index (κ2) is 11.6. The second-order valence-corrected chi connectivity index (χ2v) is 16.0. The van der Waals surface area contributed by atoms with Crippen LogP contribution in [0, 0.1) is 52.3 Å². The molecule has 0 spiro atoms. The number of hydrogen-bond donors (Lipinski definition) is 5. The molecule has 0 aromatic heterocycles. The fraction of sp³-hybridized carbons (Fsp3) is 1.00. The predicted molar refractivity (Wildman–Crippen MR) is 145 cm³/mol. The molecule has 12 atom stereocenters. The van der Waals surface area contributed by atoms with Crippen LogP contribution in [-0.4, -0.2) is 72.3 Å². The minimum absolute atomic E-state index is 0.0553. The van der Waals surface area contributed by atoms with E-state index >= 15 is 0 Å². The van der Waals surface area contributed by atoms with Crippen molar-refractivity contribution in [2.24, 2.45) is 52.3 Å². The molecule has 0 amide bonds. The first-order valence-corrected chi connectivity index (χ1v) is 17.4. The van der Waals surface area contributed by atoms with Crippen molar-refractivity contribution >= 4 is 20.8 Å². The zero-order chi connectivity index (χ0) is 29.8. The molecule has 13 heteroatoms. The van der Waals surface area contributed by atoms with Crippen LogP contribution in [0.4, 0.5) is 0 Å². The van der Waals surface area contributed by atoms with Crippen molar-refractivity contribution in [3.63, 3.8) is 0 Å². The molecule has 40 heavy (non-hydrogen) atoms. The fourth-order valence-electron chi connectivity index (χ4n) is 9.81. The number of aliphatic hydroxyl groups is 3. The summed E-state index contributed by atoms with van der Waals surface area (Å²) >= 11 is 0. The standard InChI is InChI=1S/C27H48O11S2/c1-15(2)6-5-7-16(14-37-39(31,32)33)18-10-11-19-17-8-9-20-23(28)21(38-40(34,35)36)12-13-26(20,3)22(17)24(29)25(30)27(18,19)4/h15-25,28-30H,5-14H2,1-4H3,(H,31,32,33)(H,34,35,36)/t16-,17-,18+,19-,20?,21?,22+,23?,24?,25?,26-,27+/m0/s1. The van der Waals surface area contributed by atoms with Gasteiger partial charge >= 0.3 is 20.8 Å². The van der Waals surface area contributed by atoms with Crippen LogP contribution in [0.3, 0.4) is 0 Å². The number of rotatable bonds is 10. The van der Waals surface area contributed by atoms with Gasteiger partial charge in [0, 0.05) is 5.41 Å². The van der Waals surface area contributed by atoms with Gasteiger partial charge in [-0.1, -0.05) is 40.5 Å². The van der Waals surface area contributed by atoms with E-state index in [1.165, 1.54) is 0 Å². The quantitative estimate of drug-likeness (QED) is 0.228. The molecule has 0 aromatic rings. The van der Waals surface area contributed by atoms with Gasteiger partial charge in [-0.15, -0.1) is 0 Å². The number of aliphatic hydroxyl groups excluding tert-OH is 3. The average Bonchev–Trinajstić information content (AvgIpc) is 3.18. The summed E-state index contributed by atoms with van der Waals surface area (Å²) in [5.41, 5.74) is -1.27. The first-order chi connectivity index (χ1) is 18.4. The maximum atomic E-state index is 11.8. The monoisotopic (exact) mass is 612 g/mol. The van der Waals surface area contributed by atoms with Crippen molar-refractivity contribution < 1.29 is 49.6 Å². The molecule has 0 radical (unpaired) electrons. The van der Waals surface area contributed by atoms with Crippen LogP contribution in [-0.2, 0) is 29.2 Å². The Morgan fingerprint density at radius 1 is 0.850 bits per heavy atom. The van der Waals surface area contributed by atoms with Crippen molar-refractivity contribution in [2.75, 3.05) is 6.61 Å². The van der Waals surface area contributed by atoms with Crippen molar-refractivity contribution in [3.8, 4) is 0 Å². The smallest absolute Gasteiger partial charge is 0.390 e. The third-order valence-corrected chi connectivity index (χ3v) is 12.4. The molecule has 0 saturated heterocycles. The lowest BCUT2D eigenvalue weighted by Crippen LogP contribution is -2.67. The van der Waals surface area contributed by atoms with Gasteiger partial charge in [-0.25, -0.2) is 8.37 Å². The van der Waals surface area contributed by atoms with Crippen LogP contribution < -0.4 is 0 Å². The van der Waals surface area contributed by atoms with Crippen molar-refractivity contribution in [1.82, 2.24) is 0 Å². The van der Waals surface area contributed by atoms with Crippen molar-refractivity contribution in [3.05, 3.63) is 0 Å². The van der Waals surface area contributed by atoms with Crippen LogP contribution in [0.1, 0.15) is 85.5 Å². The van der Waals surface area contributed by atoms with Gasteiger partial charge in [-0.05, 0) is 91.8 Å². The number of fused-ring (bicyclic) bond motifs is 5. The Morgan fingerprint density at radius 2 is 1.50 bits per heavy atom. The molecular weight excluding hydrogens is 564 g/mol. The summed E-state index contributed by atoms with van der Waals surface area (Å²) in [6.07, 6.45) is 1.56. The molecule has 0 heterocycles. The van der Waals surface area contributed by atoms with E-state index in [1.54, 1.807) is 0 Å². The highest BCUT2D eigenvalue weighted by molar-refractivity contribution is 7.81. The second-order valence-electron chi connectivity index (χ2n) is 13.9. The largest absolute Gasteiger partial charge is 0.397 e. The van der Waals surface area contributed by atoms with Crippen LogP contribution in [0.2, 0.25) is 0 Å². The molecule has 4 rings (SSSR count). The van der Waals surface area contributed by atoms with E-state index in [-0.39, 0.29) is 48.5 Å². The zero-order valence-electron chi connectivity index (χ0n) is 23.9. The van der Waals surface area contributed by atoms with Gasteiger partial charge in [-0.2, -0.15) is 16.8 Å². The molecule has 4 aliphatic carbocycles. The molecule has 0 aliphatic heterocycles. The third kappa shape index (κ3) is 6.14. The van der Waals surface area contributed by atoms with E-state index in [9.17, 15) is 41.3 Å². The Labute approximate surface area is 238 Å². The van der Waals surface area contributed by atoms with Crippen LogP contribution in [0.25, 0.3) is 0 Å². The Kier molecular flexibility index (Phi) is 9.44. The summed E-state index contributed by atoms with van der Waals surface area (Å²) in [6.45, 7) is 8.06. The predicted octanol–water partition coefficient (Wildman–Crippen LogP) is 3.01. The Bertz CT molecular complexity index is 1110. The molecule has 5 unspecified atom stereocenters. The number of hydrogen-bond acceptors (Lipinski definition) is 9. The summed E-state index contributed by atoms with van der Waals surface area (Å²) in [5.74, 6) is -0.455. The fourth-order valence-corrected chi connectivity index (χ4v) is 10.7. The molecule has 5 N–H and O–H groups in total. The molecular formula is C27H48O11S2. The molecule has 4 saturated carbocycles. The maximum absolute atomic E-state index is 11.8. The highest BCUT2D eigenvalue weighted by Crippen LogP contribution is 2.68. The Hall–Kier alpha value is -0.380. The molecule has 4 fully saturated rings. The van der Waals surface area contributed by atoms with E-state index in [0.29, 0.717) is 31.6 Å². The van der Waals surface area contributed by atoms with E-state index in [1.807, 2.05) is 13.8 Å². The lowest BCUT2D eigenvalue weighted by atomic mass is 9.42. The van der Waals surface area contributed by atoms with Crippen LogP contribution in [0.5, 0.6) is 0 Å². The molecule has 11 nitrogen and oxygen atoms in total. The average molecular weight is 613 g/mol. The normalized spacial score (nSPS) is 44.6. The summed E-state index contributed by atoms with van der Waals surface area (Å²) in [6, 6.07) is 0. The third-order valence-electron chi connectivity index (χ3n) is 11.5. The highest BCUT2D eigenvalue weighted by Gasteiger charge is 2.68. The lowest BCUT2D eigenvalue weighted by molar-refractivity contribution is -0.244. The van der Waals surface area contributed by atoms with Crippen LogP contribution >= 0.6 is 0 Å². The maximum Gasteiger partial charge on any atom is 0.397 e. The molecule has 234 valence electrons.